The van der Waals surface area contributed by atoms with Crippen LogP contribution in [0.3, 0.4) is 0 Å². The molecule has 0 aliphatic carbocycles. The van der Waals surface area contributed by atoms with Crippen molar-refractivity contribution in [2.24, 2.45) is 0 Å². The molecule has 0 aromatic carbocycles. The van der Waals surface area contributed by atoms with Gasteiger partial charge in [0.25, 0.3) is 0 Å². The van der Waals surface area contributed by atoms with Crippen LogP contribution in [0.5, 0.6) is 0 Å². The fourth-order valence-corrected chi connectivity index (χ4v) is 2.28. The van der Waals surface area contributed by atoms with E-state index in [4.69, 9.17) is 0 Å². The third-order valence-corrected chi connectivity index (χ3v) is 3.52. The molecule has 0 saturated heterocycles. The van der Waals surface area contributed by atoms with Crippen molar-refractivity contribution in [1.29, 1.82) is 0 Å². The molecule has 0 atom stereocenters. The molecule has 4 nitrogen and oxygen atoms in total. The zero-order valence-electron chi connectivity index (χ0n) is 12.5. The summed E-state index contributed by atoms with van der Waals surface area (Å²) in [5.74, 6) is 0.923. The molecule has 0 fully saturated rings. The minimum atomic E-state index is 0.0513. The van der Waals surface area contributed by atoms with E-state index < -0.39 is 0 Å². The Labute approximate surface area is 117 Å². The van der Waals surface area contributed by atoms with Gasteiger partial charge in [0.15, 0.2) is 0 Å². The average molecular weight is 265 g/mol. The molecule has 0 saturated carbocycles. The van der Waals surface area contributed by atoms with Gasteiger partial charge < -0.3 is 14.9 Å². The van der Waals surface area contributed by atoms with Crippen molar-refractivity contribution in [3.8, 4) is 0 Å². The highest BCUT2D eigenvalue weighted by Crippen LogP contribution is 2.17. The maximum atomic E-state index is 9.38. The fraction of sp³-hybridized carbons (Fsp3) is 0.667. The van der Waals surface area contributed by atoms with Gasteiger partial charge in [-0.05, 0) is 39.0 Å². The fourth-order valence-electron chi connectivity index (χ4n) is 2.28. The van der Waals surface area contributed by atoms with Gasteiger partial charge in [0.1, 0.15) is 5.82 Å². The highest BCUT2D eigenvalue weighted by Gasteiger charge is 2.10. The van der Waals surface area contributed by atoms with Crippen molar-refractivity contribution in [1.82, 2.24) is 9.88 Å². The van der Waals surface area contributed by atoms with Crippen LogP contribution >= 0.6 is 0 Å². The molecule has 19 heavy (non-hydrogen) atoms. The van der Waals surface area contributed by atoms with Crippen LogP contribution in [0.2, 0.25) is 0 Å². The second kappa shape index (κ2) is 8.88. The van der Waals surface area contributed by atoms with Crippen LogP contribution in [-0.2, 0) is 6.61 Å². The number of nitrogens with zero attached hydrogens (tertiary/aromatic N) is 3. The van der Waals surface area contributed by atoms with Gasteiger partial charge in [-0.2, -0.15) is 0 Å². The zero-order chi connectivity index (χ0) is 14.1. The minimum Gasteiger partial charge on any atom is -0.392 e. The lowest BCUT2D eigenvalue weighted by Gasteiger charge is -2.25. The lowest BCUT2D eigenvalue weighted by Crippen LogP contribution is -2.31. The van der Waals surface area contributed by atoms with E-state index in [0.717, 1.165) is 50.5 Å². The summed E-state index contributed by atoms with van der Waals surface area (Å²) in [7, 11) is 0. The van der Waals surface area contributed by atoms with Gasteiger partial charge >= 0.3 is 0 Å². The van der Waals surface area contributed by atoms with E-state index in [1.807, 2.05) is 12.1 Å². The van der Waals surface area contributed by atoms with Crippen molar-refractivity contribution >= 4 is 5.82 Å². The van der Waals surface area contributed by atoms with Crippen molar-refractivity contribution in [3.63, 3.8) is 0 Å². The first kappa shape index (κ1) is 15.9. The maximum Gasteiger partial charge on any atom is 0.134 e. The Hall–Kier alpha value is -1.13. The number of anilines is 1. The Kier molecular flexibility index (Phi) is 7.45. The molecule has 0 amide bonds. The van der Waals surface area contributed by atoms with Crippen LogP contribution in [0, 0.1) is 0 Å². The average Bonchev–Trinajstić information content (AvgIpc) is 2.48. The molecule has 0 bridgehead atoms. The Balaban J connectivity index is 2.58. The van der Waals surface area contributed by atoms with Crippen molar-refractivity contribution in [3.05, 3.63) is 23.9 Å². The van der Waals surface area contributed by atoms with Gasteiger partial charge in [-0.3, -0.25) is 0 Å². The molecule has 108 valence electrons. The first-order valence-electron chi connectivity index (χ1n) is 7.28. The molecule has 1 heterocycles. The van der Waals surface area contributed by atoms with Gasteiger partial charge in [-0.1, -0.05) is 19.9 Å². The summed E-state index contributed by atoms with van der Waals surface area (Å²) in [5.41, 5.74) is 0.909. The monoisotopic (exact) mass is 265 g/mol. The molecule has 0 radical (unpaired) electrons. The topological polar surface area (TPSA) is 39.6 Å². The first-order valence-corrected chi connectivity index (χ1v) is 7.28. The molecule has 1 aromatic heterocycles. The maximum absolute atomic E-state index is 9.38. The van der Waals surface area contributed by atoms with Crippen molar-refractivity contribution in [2.75, 3.05) is 37.6 Å². The highest BCUT2D eigenvalue weighted by atomic mass is 16.3. The Morgan fingerprint density at radius 2 is 1.84 bits per heavy atom. The third kappa shape index (κ3) is 4.80. The number of pyridine rings is 1. The molecule has 0 aliphatic rings. The number of aromatic nitrogens is 1. The van der Waals surface area contributed by atoms with Gasteiger partial charge in [0.2, 0.25) is 0 Å². The number of aliphatic hydroxyl groups is 1. The van der Waals surface area contributed by atoms with E-state index >= 15 is 0 Å². The lowest BCUT2D eigenvalue weighted by atomic mass is 10.2. The van der Waals surface area contributed by atoms with E-state index in [1.54, 1.807) is 6.20 Å². The van der Waals surface area contributed by atoms with Crippen LogP contribution in [0.15, 0.2) is 18.3 Å². The molecule has 0 spiro atoms. The van der Waals surface area contributed by atoms with Gasteiger partial charge in [-0.15, -0.1) is 0 Å². The van der Waals surface area contributed by atoms with Crippen LogP contribution in [0.25, 0.3) is 0 Å². The summed E-state index contributed by atoms with van der Waals surface area (Å²) in [6, 6.07) is 3.81. The normalized spacial score (nSPS) is 11.0. The summed E-state index contributed by atoms with van der Waals surface area (Å²) in [4.78, 5) is 9.09. The highest BCUT2D eigenvalue weighted by molar-refractivity contribution is 5.46. The van der Waals surface area contributed by atoms with E-state index in [1.165, 1.54) is 0 Å². The first-order chi connectivity index (χ1) is 9.26. The molecule has 4 heteroatoms. The number of hydrogen-bond donors (Lipinski definition) is 1. The molecule has 0 aliphatic heterocycles. The molecule has 0 unspecified atom stereocenters. The van der Waals surface area contributed by atoms with Gasteiger partial charge in [0, 0.05) is 24.8 Å². The SMILES string of the molecule is CCN(CC)CCCN(CC)c1ncccc1CO. The quantitative estimate of drug-likeness (QED) is 0.742. The predicted molar refractivity (Wildman–Crippen MR) is 80.5 cm³/mol. The van der Waals surface area contributed by atoms with Crippen LogP contribution in [0.1, 0.15) is 32.8 Å². The molecule has 1 aromatic rings. The van der Waals surface area contributed by atoms with Crippen molar-refractivity contribution < 1.29 is 5.11 Å². The van der Waals surface area contributed by atoms with Crippen LogP contribution in [0.4, 0.5) is 5.82 Å². The summed E-state index contributed by atoms with van der Waals surface area (Å²) in [6.45, 7) is 11.8. The van der Waals surface area contributed by atoms with Crippen LogP contribution in [-0.4, -0.2) is 47.7 Å². The van der Waals surface area contributed by atoms with Gasteiger partial charge in [-0.25, -0.2) is 4.98 Å². The summed E-state index contributed by atoms with van der Waals surface area (Å²) in [5, 5.41) is 9.38. The predicted octanol–water partition coefficient (Wildman–Crippen LogP) is 2.13. The van der Waals surface area contributed by atoms with E-state index in [0.29, 0.717) is 0 Å². The largest absolute Gasteiger partial charge is 0.392 e. The van der Waals surface area contributed by atoms with Crippen LogP contribution < -0.4 is 4.90 Å². The Bertz CT molecular complexity index is 353. The summed E-state index contributed by atoms with van der Waals surface area (Å²) >= 11 is 0. The number of aliphatic hydroxyl groups excluding tert-OH is 1. The van der Waals surface area contributed by atoms with E-state index in [-0.39, 0.29) is 6.61 Å². The Morgan fingerprint density at radius 3 is 2.42 bits per heavy atom. The smallest absolute Gasteiger partial charge is 0.134 e. The second-order valence-electron chi connectivity index (χ2n) is 4.60. The molecular formula is C15H27N3O. The zero-order valence-corrected chi connectivity index (χ0v) is 12.5. The molecule has 1 N–H and O–H groups in total. The standard InChI is InChI=1S/C15H27N3O/c1-4-17(5-2)11-8-12-18(6-3)15-14(13-19)9-7-10-16-15/h7,9-10,19H,4-6,8,11-13H2,1-3H3. The summed E-state index contributed by atoms with van der Waals surface area (Å²) in [6.07, 6.45) is 2.92. The number of rotatable bonds is 9. The third-order valence-electron chi connectivity index (χ3n) is 3.52. The van der Waals surface area contributed by atoms with Gasteiger partial charge in [0.05, 0.1) is 6.61 Å². The van der Waals surface area contributed by atoms with E-state index in [2.05, 4.69) is 35.6 Å². The molecular weight excluding hydrogens is 238 g/mol. The second-order valence-corrected chi connectivity index (χ2v) is 4.60. The summed E-state index contributed by atoms with van der Waals surface area (Å²) < 4.78 is 0. The van der Waals surface area contributed by atoms with E-state index in [9.17, 15) is 5.11 Å². The van der Waals surface area contributed by atoms with Crippen molar-refractivity contribution in [2.45, 2.75) is 33.8 Å². The minimum absolute atomic E-state index is 0.0513. The Morgan fingerprint density at radius 1 is 1.11 bits per heavy atom. The molecule has 1 rings (SSSR count). The number of hydrogen-bond acceptors (Lipinski definition) is 4. The lowest BCUT2D eigenvalue weighted by molar-refractivity contribution is 0.281.